The minimum Gasteiger partial charge on any atom is -0.395 e. The summed E-state index contributed by atoms with van der Waals surface area (Å²) in [6.45, 7) is 8.48. The predicted molar refractivity (Wildman–Crippen MR) is 77.7 cm³/mol. The third-order valence-electron chi connectivity index (χ3n) is 3.48. The molecular formula is C14H21BrN2O. The lowest BCUT2D eigenvalue weighted by Crippen LogP contribution is -2.46. The number of hydrogen-bond donors (Lipinski definition) is 1. The van der Waals surface area contributed by atoms with Crippen LogP contribution in [0.25, 0.3) is 0 Å². The van der Waals surface area contributed by atoms with Crippen LogP contribution in [-0.2, 0) is 6.54 Å². The van der Waals surface area contributed by atoms with Gasteiger partial charge in [-0.2, -0.15) is 0 Å². The maximum Gasteiger partial charge on any atom is 0.0558 e. The summed E-state index contributed by atoms with van der Waals surface area (Å²) in [7, 11) is 0. The lowest BCUT2D eigenvalue weighted by molar-refractivity contribution is 0.108. The van der Waals surface area contributed by atoms with Gasteiger partial charge in [-0.15, -0.1) is 0 Å². The molecule has 0 radical (unpaired) electrons. The van der Waals surface area contributed by atoms with E-state index in [0.717, 1.165) is 39.3 Å². The summed E-state index contributed by atoms with van der Waals surface area (Å²) in [5.74, 6) is 0. The highest BCUT2D eigenvalue weighted by molar-refractivity contribution is 9.10. The van der Waals surface area contributed by atoms with Gasteiger partial charge in [0.25, 0.3) is 0 Å². The van der Waals surface area contributed by atoms with E-state index in [1.54, 1.807) is 0 Å². The van der Waals surface area contributed by atoms with Crippen LogP contribution >= 0.6 is 15.9 Å². The molecule has 0 aliphatic carbocycles. The van der Waals surface area contributed by atoms with Crippen molar-refractivity contribution in [1.82, 2.24) is 9.80 Å². The Balaban J connectivity index is 1.87. The molecule has 1 N–H and O–H groups in total. The van der Waals surface area contributed by atoms with Gasteiger partial charge in [0, 0.05) is 43.7 Å². The summed E-state index contributed by atoms with van der Waals surface area (Å²) in [4.78, 5) is 4.80. The van der Waals surface area contributed by atoms with Crippen molar-refractivity contribution in [2.45, 2.75) is 13.5 Å². The van der Waals surface area contributed by atoms with E-state index < -0.39 is 0 Å². The normalized spacial score (nSPS) is 18.2. The summed E-state index contributed by atoms with van der Waals surface area (Å²) >= 11 is 3.64. The SMILES string of the molecule is Cc1ccc(CN2CCN(CCO)CC2)c(Br)c1. The van der Waals surface area contributed by atoms with E-state index in [0.29, 0.717) is 0 Å². The first-order valence-electron chi connectivity index (χ1n) is 6.49. The van der Waals surface area contributed by atoms with Crippen molar-refractivity contribution < 1.29 is 5.11 Å². The monoisotopic (exact) mass is 312 g/mol. The molecule has 1 heterocycles. The highest BCUT2D eigenvalue weighted by Crippen LogP contribution is 2.20. The molecule has 4 heteroatoms. The Morgan fingerprint density at radius 2 is 1.83 bits per heavy atom. The van der Waals surface area contributed by atoms with Gasteiger partial charge in [-0.3, -0.25) is 9.80 Å². The molecule has 0 atom stereocenters. The summed E-state index contributed by atoms with van der Waals surface area (Å²) < 4.78 is 1.21. The van der Waals surface area contributed by atoms with Gasteiger partial charge in [-0.1, -0.05) is 28.1 Å². The van der Waals surface area contributed by atoms with Crippen LogP contribution in [0.15, 0.2) is 22.7 Å². The van der Waals surface area contributed by atoms with E-state index in [-0.39, 0.29) is 6.61 Å². The van der Waals surface area contributed by atoms with E-state index in [2.05, 4.69) is 50.9 Å². The van der Waals surface area contributed by atoms with Gasteiger partial charge < -0.3 is 5.11 Å². The van der Waals surface area contributed by atoms with Gasteiger partial charge in [-0.25, -0.2) is 0 Å². The first-order valence-corrected chi connectivity index (χ1v) is 7.29. The number of nitrogens with zero attached hydrogens (tertiary/aromatic N) is 2. The second kappa shape index (κ2) is 6.66. The number of rotatable bonds is 4. The molecular weight excluding hydrogens is 292 g/mol. The molecule has 0 saturated carbocycles. The van der Waals surface area contributed by atoms with Crippen LogP contribution in [0.4, 0.5) is 0 Å². The molecule has 1 aliphatic rings. The summed E-state index contributed by atoms with van der Waals surface area (Å²) in [6, 6.07) is 6.55. The predicted octanol–water partition coefficient (Wildman–Crippen LogP) is 1.87. The molecule has 1 fully saturated rings. The van der Waals surface area contributed by atoms with Gasteiger partial charge in [0.2, 0.25) is 0 Å². The number of aliphatic hydroxyl groups is 1. The number of aliphatic hydroxyl groups excluding tert-OH is 1. The minimum atomic E-state index is 0.267. The van der Waals surface area contributed by atoms with Crippen molar-refractivity contribution in [3.8, 4) is 0 Å². The van der Waals surface area contributed by atoms with Crippen LogP contribution in [0.1, 0.15) is 11.1 Å². The summed E-state index contributed by atoms with van der Waals surface area (Å²) in [6.07, 6.45) is 0. The Hall–Kier alpha value is -0.420. The minimum absolute atomic E-state index is 0.267. The van der Waals surface area contributed by atoms with Crippen LogP contribution in [0.3, 0.4) is 0 Å². The van der Waals surface area contributed by atoms with Crippen LogP contribution in [0.2, 0.25) is 0 Å². The van der Waals surface area contributed by atoms with E-state index in [1.807, 2.05) is 0 Å². The van der Waals surface area contributed by atoms with Crippen molar-refractivity contribution >= 4 is 15.9 Å². The zero-order valence-corrected chi connectivity index (χ0v) is 12.5. The Morgan fingerprint density at radius 3 is 2.44 bits per heavy atom. The highest BCUT2D eigenvalue weighted by atomic mass is 79.9. The summed E-state index contributed by atoms with van der Waals surface area (Å²) in [5, 5.41) is 8.92. The number of piperazine rings is 1. The molecule has 0 bridgehead atoms. The average Bonchev–Trinajstić information content (AvgIpc) is 2.35. The first kappa shape index (κ1) is 14.0. The summed E-state index contributed by atoms with van der Waals surface area (Å²) in [5.41, 5.74) is 2.65. The first-order chi connectivity index (χ1) is 8.69. The fraction of sp³-hybridized carbons (Fsp3) is 0.571. The Labute approximate surface area is 118 Å². The van der Waals surface area contributed by atoms with Crippen LogP contribution in [0.5, 0.6) is 0 Å². The van der Waals surface area contributed by atoms with E-state index in [4.69, 9.17) is 5.11 Å². The van der Waals surface area contributed by atoms with Crippen LogP contribution in [0, 0.1) is 6.92 Å². The average molecular weight is 313 g/mol. The van der Waals surface area contributed by atoms with Crippen molar-refractivity contribution in [3.63, 3.8) is 0 Å². The number of benzene rings is 1. The van der Waals surface area contributed by atoms with E-state index in [9.17, 15) is 0 Å². The van der Waals surface area contributed by atoms with Gasteiger partial charge in [0.15, 0.2) is 0 Å². The molecule has 3 nitrogen and oxygen atoms in total. The molecule has 100 valence electrons. The van der Waals surface area contributed by atoms with Gasteiger partial charge in [-0.05, 0) is 24.1 Å². The van der Waals surface area contributed by atoms with Crippen molar-refractivity contribution in [3.05, 3.63) is 33.8 Å². The number of halogens is 1. The zero-order chi connectivity index (χ0) is 13.0. The third-order valence-corrected chi connectivity index (χ3v) is 4.22. The number of hydrogen-bond acceptors (Lipinski definition) is 3. The molecule has 18 heavy (non-hydrogen) atoms. The zero-order valence-electron chi connectivity index (χ0n) is 10.9. The standard InChI is InChI=1S/C14H21BrN2O/c1-12-2-3-13(14(15)10-12)11-17-6-4-16(5-7-17)8-9-18/h2-3,10,18H,4-9,11H2,1H3. The molecule has 0 amide bonds. The molecule has 0 unspecified atom stereocenters. The second-order valence-corrected chi connectivity index (χ2v) is 5.79. The fourth-order valence-electron chi connectivity index (χ4n) is 2.33. The second-order valence-electron chi connectivity index (χ2n) is 4.94. The molecule has 1 aromatic carbocycles. The van der Waals surface area contributed by atoms with Gasteiger partial charge >= 0.3 is 0 Å². The number of aryl methyl sites for hydroxylation is 1. The largest absolute Gasteiger partial charge is 0.395 e. The topological polar surface area (TPSA) is 26.7 Å². The molecule has 0 aromatic heterocycles. The van der Waals surface area contributed by atoms with Crippen LogP contribution < -0.4 is 0 Å². The maximum absolute atomic E-state index is 8.92. The van der Waals surface area contributed by atoms with Crippen LogP contribution in [-0.4, -0.2) is 54.2 Å². The fourth-order valence-corrected chi connectivity index (χ4v) is 2.95. The van der Waals surface area contributed by atoms with E-state index in [1.165, 1.54) is 15.6 Å². The Kier molecular flexibility index (Phi) is 5.18. The van der Waals surface area contributed by atoms with E-state index >= 15 is 0 Å². The molecule has 0 spiro atoms. The highest BCUT2D eigenvalue weighted by Gasteiger charge is 2.16. The van der Waals surface area contributed by atoms with Crippen molar-refractivity contribution in [2.24, 2.45) is 0 Å². The van der Waals surface area contributed by atoms with Crippen molar-refractivity contribution in [2.75, 3.05) is 39.3 Å². The Morgan fingerprint density at radius 1 is 1.17 bits per heavy atom. The number of β-amino-alcohol motifs (C(OH)–C–C–N with tert-alkyl or cyclic N) is 1. The van der Waals surface area contributed by atoms with Gasteiger partial charge in [0.1, 0.15) is 0 Å². The lowest BCUT2D eigenvalue weighted by Gasteiger charge is -2.34. The lowest BCUT2D eigenvalue weighted by atomic mass is 10.1. The maximum atomic E-state index is 8.92. The molecule has 1 aliphatic heterocycles. The van der Waals surface area contributed by atoms with Gasteiger partial charge in [0.05, 0.1) is 6.61 Å². The smallest absolute Gasteiger partial charge is 0.0558 e. The Bertz CT molecular complexity index is 389. The quantitative estimate of drug-likeness (QED) is 0.919. The molecule has 1 aromatic rings. The molecule has 2 rings (SSSR count). The molecule has 1 saturated heterocycles. The third kappa shape index (κ3) is 3.79. The van der Waals surface area contributed by atoms with Crippen molar-refractivity contribution in [1.29, 1.82) is 0 Å².